The minimum Gasteiger partial charge on any atom is -0.365 e. The first-order valence-electron chi connectivity index (χ1n) is 6.88. The molecule has 0 fully saturated rings. The topological polar surface area (TPSA) is 58.1 Å². The summed E-state index contributed by atoms with van der Waals surface area (Å²) in [6, 6.07) is 11.4. The largest absolute Gasteiger partial charge is 0.365 e. The van der Waals surface area contributed by atoms with Gasteiger partial charge in [0.25, 0.3) is 5.91 Å². The van der Waals surface area contributed by atoms with E-state index in [1.807, 2.05) is 18.2 Å². The van der Waals surface area contributed by atoms with Crippen molar-refractivity contribution in [3.63, 3.8) is 0 Å². The first-order valence-corrected chi connectivity index (χ1v) is 6.88. The Kier molecular flexibility index (Phi) is 3.64. The van der Waals surface area contributed by atoms with Crippen LogP contribution >= 0.6 is 0 Å². The molecule has 5 nitrogen and oxygen atoms in total. The Labute approximate surface area is 123 Å². The summed E-state index contributed by atoms with van der Waals surface area (Å²) >= 11 is 0. The highest BCUT2D eigenvalue weighted by Gasteiger charge is 2.26. The van der Waals surface area contributed by atoms with Crippen LogP contribution in [0, 0.1) is 0 Å². The molecule has 0 radical (unpaired) electrons. The highest BCUT2D eigenvalue weighted by molar-refractivity contribution is 6.06. The molecule has 106 valence electrons. The van der Waals surface area contributed by atoms with Crippen LogP contribution in [-0.4, -0.2) is 29.2 Å². The van der Waals surface area contributed by atoms with Crippen LogP contribution in [0.5, 0.6) is 0 Å². The zero-order valence-electron chi connectivity index (χ0n) is 11.6. The Morgan fingerprint density at radius 3 is 2.90 bits per heavy atom. The number of carbonyl (C=O) groups is 1. The average molecular weight is 280 g/mol. The van der Waals surface area contributed by atoms with Gasteiger partial charge in [0, 0.05) is 18.8 Å². The van der Waals surface area contributed by atoms with Crippen LogP contribution < -0.4 is 10.2 Å². The highest BCUT2D eigenvalue weighted by Crippen LogP contribution is 2.28. The third-order valence-corrected chi connectivity index (χ3v) is 3.44. The minimum atomic E-state index is -0.109. The summed E-state index contributed by atoms with van der Waals surface area (Å²) in [5.74, 6) is 0.524. The van der Waals surface area contributed by atoms with E-state index in [1.165, 1.54) is 5.56 Å². The van der Waals surface area contributed by atoms with E-state index in [-0.39, 0.29) is 5.91 Å². The SMILES string of the molecule is C=CCNc1ccc(C(=O)N2CCc3ccccc32)nn1. The van der Waals surface area contributed by atoms with Crippen molar-refractivity contribution in [3.8, 4) is 0 Å². The Hall–Kier alpha value is -2.69. The third-order valence-electron chi connectivity index (χ3n) is 3.44. The van der Waals surface area contributed by atoms with Gasteiger partial charge in [0.05, 0.1) is 0 Å². The molecule has 5 heteroatoms. The quantitative estimate of drug-likeness (QED) is 0.873. The number of carbonyl (C=O) groups excluding carboxylic acids is 1. The van der Waals surface area contributed by atoms with Gasteiger partial charge < -0.3 is 10.2 Å². The number of hydrogen-bond donors (Lipinski definition) is 1. The molecule has 0 unspecified atom stereocenters. The monoisotopic (exact) mass is 280 g/mol. The summed E-state index contributed by atoms with van der Waals surface area (Å²) in [6.45, 7) is 4.93. The molecule has 21 heavy (non-hydrogen) atoms. The van der Waals surface area contributed by atoms with Crippen molar-refractivity contribution in [3.05, 3.63) is 60.3 Å². The second kappa shape index (κ2) is 5.75. The van der Waals surface area contributed by atoms with Crippen molar-refractivity contribution < 1.29 is 4.79 Å². The Morgan fingerprint density at radius 2 is 2.14 bits per heavy atom. The van der Waals surface area contributed by atoms with Crippen molar-refractivity contribution in [2.75, 3.05) is 23.3 Å². The van der Waals surface area contributed by atoms with Gasteiger partial charge in [-0.25, -0.2) is 0 Å². The van der Waals surface area contributed by atoms with Gasteiger partial charge in [-0.05, 0) is 30.2 Å². The smallest absolute Gasteiger partial charge is 0.278 e. The number of para-hydroxylation sites is 1. The van der Waals surface area contributed by atoms with Gasteiger partial charge in [0.2, 0.25) is 0 Å². The lowest BCUT2D eigenvalue weighted by Crippen LogP contribution is -2.29. The Bertz CT molecular complexity index is 666. The van der Waals surface area contributed by atoms with E-state index in [2.05, 4.69) is 28.2 Å². The predicted molar refractivity (Wildman–Crippen MR) is 82.5 cm³/mol. The summed E-state index contributed by atoms with van der Waals surface area (Å²) < 4.78 is 0. The standard InChI is InChI=1S/C16H16N4O/c1-2-10-17-15-8-7-13(18-19-15)16(21)20-11-9-12-5-3-4-6-14(12)20/h2-8H,1,9-11H2,(H,17,19). The van der Waals surface area contributed by atoms with Crippen molar-refractivity contribution >= 4 is 17.4 Å². The molecule has 1 aromatic heterocycles. The molecule has 1 amide bonds. The zero-order chi connectivity index (χ0) is 14.7. The number of nitrogens with zero attached hydrogens (tertiary/aromatic N) is 3. The lowest BCUT2D eigenvalue weighted by Gasteiger charge is -2.16. The van der Waals surface area contributed by atoms with Gasteiger partial charge in [-0.3, -0.25) is 4.79 Å². The molecule has 0 atom stereocenters. The van der Waals surface area contributed by atoms with Crippen LogP contribution in [0.2, 0.25) is 0 Å². The fraction of sp³-hybridized carbons (Fsp3) is 0.188. The lowest BCUT2D eigenvalue weighted by molar-refractivity contribution is 0.0983. The van der Waals surface area contributed by atoms with Crippen molar-refractivity contribution in [2.24, 2.45) is 0 Å². The van der Waals surface area contributed by atoms with Crippen LogP contribution in [0.1, 0.15) is 16.1 Å². The average Bonchev–Trinajstić information content (AvgIpc) is 2.97. The number of anilines is 2. The second-order valence-corrected chi connectivity index (χ2v) is 4.81. The number of benzene rings is 1. The normalized spacial score (nSPS) is 12.9. The molecule has 1 aliphatic rings. The first kappa shape index (κ1) is 13.3. The van der Waals surface area contributed by atoms with Crippen molar-refractivity contribution in [2.45, 2.75) is 6.42 Å². The van der Waals surface area contributed by atoms with Gasteiger partial charge in [-0.1, -0.05) is 24.3 Å². The number of rotatable bonds is 4. The van der Waals surface area contributed by atoms with E-state index in [0.29, 0.717) is 24.6 Å². The summed E-state index contributed by atoms with van der Waals surface area (Å²) in [4.78, 5) is 14.3. The molecule has 1 N–H and O–H groups in total. The van der Waals surface area contributed by atoms with Crippen molar-refractivity contribution in [1.82, 2.24) is 10.2 Å². The number of nitrogens with one attached hydrogen (secondary N) is 1. The summed E-state index contributed by atoms with van der Waals surface area (Å²) in [5.41, 5.74) is 2.53. The van der Waals surface area contributed by atoms with E-state index < -0.39 is 0 Å². The zero-order valence-corrected chi connectivity index (χ0v) is 11.6. The van der Waals surface area contributed by atoms with Gasteiger partial charge in [0.1, 0.15) is 5.82 Å². The summed E-state index contributed by atoms with van der Waals surface area (Å²) in [6.07, 6.45) is 2.62. The van der Waals surface area contributed by atoms with Crippen LogP contribution in [0.3, 0.4) is 0 Å². The molecule has 2 aromatic rings. The number of amides is 1. The molecule has 1 aromatic carbocycles. The van der Waals surface area contributed by atoms with E-state index in [1.54, 1.807) is 23.1 Å². The van der Waals surface area contributed by atoms with Crippen LogP contribution in [-0.2, 0) is 6.42 Å². The lowest BCUT2D eigenvalue weighted by atomic mass is 10.2. The Morgan fingerprint density at radius 1 is 1.29 bits per heavy atom. The Balaban J connectivity index is 1.78. The van der Waals surface area contributed by atoms with Gasteiger partial charge >= 0.3 is 0 Å². The van der Waals surface area contributed by atoms with E-state index in [9.17, 15) is 4.79 Å². The van der Waals surface area contributed by atoms with Crippen molar-refractivity contribution in [1.29, 1.82) is 0 Å². The first-order chi connectivity index (χ1) is 10.3. The molecule has 0 saturated carbocycles. The molecule has 1 aliphatic heterocycles. The van der Waals surface area contributed by atoms with Gasteiger partial charge in [0.15, 0.2) is 5.69 Å². The van der Waals surface area contributed by atoms with Gasteiger partial charge in [-0.15, -0.1) is 16.8 Å². The summed E-state index contributed by atoms with van der Waals surface area (Å²) in [7, 11) is 0. The molecule has 0 saturated heterocycles. The van der Waals surface area contributed by atoms with E-state index in [0.717, 1.165) is 12.1 Å². The molecule has 0 spiro atoms. The molecule has 2 heterocycles. The summed E-state index contributed by atoms with van der Waals surface area (Å²) in [5, 5.41) is 11.0. The molecular weight excluding hydrogens is 264 g/mol. The van der Waals surface area contributed by atoms with Crippen LogP contribution in [0.15, 0.2) is 49.1 Å². The third kappa shape index (κ3) is 2.63. The minimum absolute atomic E-state index is 0.109. The number of aromatic nitrogens is 2. The fourth-order valence-electron chi connectivity index (χ4n) is 2.40. The number of hydrogen-bond acceptors (Lipinski definition) is 4. The molecule has 3 rings (SSSR count). The van der Waals surface area contributed by atoms with E-state index >= 15 is 0 Å². The predicted octanol–water partition coefficient (Wildman–Crippen LogP) is 2.28. The maximum atomic E-state index is 12.5. The molecule has 0 aliphatic carbocycles. The maximum absolute atomic E-state index is 12.5. The highest BCUT2D eigenvalue weighted by atomic mass is 16.2. The van der Waals surface area contributed by atoms with Crippen LogP contribution in [0.25, 0.3) is 0 Å². The van der Waals surface area contributed by atoms with Crippen LogP contribution in [0.4, 0.5) is 11.5 Å². The fourth-order valence-corrected chi connectivity index (χ4v) is 2.40. The molecule has 0 bridgehead atoms. The number of fused-ring (bicyclic) bond motifs is 1. The molecular formula is C16H16N4O. The van der Waals surface area contributed by atoms with Gasteiger partial charge in [-0.2, -0.15) is 0 Å². The second-order valence-electron chi connectivity index (χ2n) is 4.81. The maximum Gasteiger partial charge on any atom is 0.278 e. The van der Waals surface area contributed by atoms with E-state index in [4.69, 9.17) is 0 Å².